The van der Waals surface area contributed by atoms with Crippen molar-refractivity contribution in [2.75, 3.05) is 12.1 Å². The number of nitrogens with zero attached hydrogens (tertiary/aromatic N) is 3. The Hall–Kier alpha value is -2.38. The molecule has 0 radical (unpaired) electrons. The van der Waals surface area contributed by atoms with Crippen molar-refractivity contribution >= 4 is 56.7 Å². The fraction of sp³-hybridized carbons (Fsp3) is 0.130. The van der Waals surface area contributed by atoms with Crippen LogP contribution in [0.3, 0.4) is 0 Å². The number of hydrogen-bond donors (Lipinski definition) is 0. The first kappa shape index (κ1) is 20.5. The number of hydrogen-bond acceptors (Lipinski definition) is 6. The minimum atomic E-state index is 0.0656. The van der Waals surface area contributed by atoms with Crippen molar-refractivity contribution in [1.29, 1.82) is 0 Å². The molecule has 1 aliphatic rings. The van der Waals surface area contributed by atoms with Crippen LogP contribution in [0, 0.1) is 0 Å². The van der Waals surface area contributed by atoms with E-state index >= 15 is 0 Å². The number of rotatable bonds is 5. The Morgan fingerprint density at radius 2 is 1.87 bits per heavy atom. The third kappa shape index (κ3) is 4.08. The van der Waals surface area contributed by atoms with Crippen LogP contribution in [0.5, 0.6) is 5.75 Å². The molecule has 0 fully saturated rings. The minimum absolute atomic E-state index is 0.0656. The first-order valence-corrected chi connectivity index (χ1v) is 12.1. The molecule has 5 rings (SSSR count). The van der Waals surface area contributed by atoms with Crippen LogP contribution < -0.4 is 9.75 Å². The van der Waals surface area contributed by atoms with Crippen molar-refractivity contribution in [2.45, 2.75) is 12.5 Å². The summed E-state index contributed by atoms with van der Waals surface area (Å²) >= 11 is 15.5. The fourth-order valence-corrected chi connectivity index (χ4v) is 5.37. The maximum Gasteiger partial charge on any atom is 0.207 e. The molecule has 8 heteroatoms. The first-order valence-electron chi connectivity index (χ1n) is 9.58. The average molecular weight is 486 g/mol. The lowest BCUT2D eigenvalue weighted by atomic mass is 10.0. The summed E-state index contributed by atoms with van der Waals surface area (Å²) in [6.07, 6.45) is 0.814. The van der Waals surface area contributed by atoms with Gasteiger partial charge in [-0.1, -0.05) is 47.5 Å². The van der Waals surface area contributed by atoms with Gasteiger partial charge in [-0.15, -0.1) is 22.7 Å². The molecule has 2 aromatic carbocycles. The quantitative estimate of drug-likeness (QED) is 0.292. The number of methoxy groups -OCH3 is 1. The smallest absolute Gasteiger partial charge is 0.207 e. The summed E-state index contributed by atoms with van der Waals surface area (Å²) in [6.45, 7) is 0. The maximum absolute atomic E-state index is 6.20. The van der Waals surface area contributed by atoms with Crippen LogP contribution >= 0.6 is 45.9 Å². The number of thiophene rings is 1. The second-order valence-corrected chi connectivity index (χ2v) is 9.60. The van der Waals surface area contributed by atoms with Gasteiger partial charge in [0.05, 0.1) is 39.5 Å². The molecular weight excluding hydrogens is 469 g/mol. The number of benzene rings is 2. The SMILES string of the molecule is COc1ccc([C@@H]2CC(c3cccs3)=NN2c2nc(-c3ccc(Cl)c(Cl)c3)cs2)cc1. The number of ether oxygens (including phenoxy) is 1. The zero-order valence-electron chi connectivity index (χ0n) is 16.5. The number of halogens is 2. The van der Waals surface area contributed by atoms with Crippen molar-refractivity contribution in [3.8, 4) is 17.0 Å². The summed E-state index contributed by atoms with van der Waals surface area (Å²) in [5.41, 5.74) is 4.02. The molecule has 1 aliphatic heterocycles. The molecule has 0 saturated heterocycles. The predicted molar refractivity (Wildman–Crippen MR) is 131 cm³/mol. The molecule has 3 heterocycles. The molecule has 1 atom stereocenters. The normalized spacial score (nSPS) is 15.9. The molecule has 2 aromatic heterocycles. The first-order chi connectivity index (χ1) is 15.1. The maximum atomic E-state index is 6.20. The van der Waals surface area contributed by atoms with Crippen LogP contribution in [0.4, 0.5) is 5.13 Å². The van der Waals surface area contributed by atoms with E-state index in [0.717, 1.165) is 34.3 Å². The Morgan fingerprint density at radius 1 is 1.03 bits per heavy atom. The average Bonchev–Trinajstić information content (AvgIpc) is 3.55. The number of hydrazone groups is 1. The summed E-state index contributed by atoms with van der Waals surface area (Å²) in [7, 11) is 1.68. The van der Waals surface area contributed by atoms with Gasteiger partial charge in [0.1, 0.15) is 5.75 Å². The third-order valence-electron chi connectivity index (χ3n) is 5.12. The molecule has 4 nitrogen and oxygen atoms in total. The molecule has 4 aromatic rings. The lowest BCUT2D eigenvalue weighted by Gasteiger charge is -2.21. The molecular formula is C23H17Cl2N3OS2. The predicted octanol–water partition coefficient (Wildman–Crippen LogP) is 7.54. The van der Waals surface area contributed by atoms with Crippen molar-refractivity contribution in [1.82, 2.24) is 4.98 Å². The van der Waals surface area contributed by atoms with Crippen LogP contribution in [0.2, 0.25) is 10.0 Å². The molecule has 0 spiro atoms. The van der Waals surface area contributed by atoms with Crippen LogP contribution in [-0.4, -0.2) is 17.8 Å². The Kier molecular flexibility index (Phi) is 5.71. The molecule has 0 N–H and O–H groups in total. The van der Waals surface area contributed by atoms with E-state index in [9.17, 15) is 0 Å². The monoisotopic (exact) mass is 485 g/mol. The van der Waals surface area contributed by atoms with E-state index in [1.807, 2.05) is 34.7 Å². The minimum Gasteiger partial charge on any atom is -0.497 e. The van der Waals surface area contributed by atoms with Crippen molar-refractivity contribution in [3.05, 3.63) is 85.8 Å². The Labute approximate surface area is 198 Å². The van der Waals surface area contributed by atoms with Gasteiger partial charge >= 0.3 is 0 Å². The second-order valence-electron chi connectivity index (χ2n) is 7.01. The third-order valence-corrected chi connectivity index (χ3v) is 7.61. The highest BCUT2D eigenvalue weighted by Crippen LogP contribution is 2.40. The number of aromatic nitrogens is 1. The van der Waals surface area contributed by atoms with E-state index in [1.165, 1.54) is 10.4 Å². The highest BCUT2D eigenvalue weighted by molar-refractivity contribution is 7.14. The van der Waals surface area contributed by atoms with E-state index < -0.39 is 0 Å². The fourth-order valence-electron chi connectivity index (χ4n) is 3.52. The van der Waals surface area contributed by atoms with Gasteiger partial charge in [0, 0.05) is 17.4 Å². The number of anilines is 1. The Bertz CT molecular complexity index is 1240. The van der Waals surface area contributed by atoms with E-state index in [4.69, 9.17) is 38.0 Å². The lowest BCUT2D eigenvalue weighted by molar-refractivity contribution is 0.414. The highest BCUT2D eigenvalue weighted by Gasteiger charge is 2.32. The molecule has 0 unspecified atom stereocenters. The van der Waals surface area contributed by atoms with E-state index in [1.54, 1.807) is 35.8 Å². The van der Waals surface area contributed by atoms with Crippen LogP contribution in [0.15, 0.2) is 70.5 Å². The van der Waals surface area contributed by atoms with E-state index in [2.05, 4.69) is 29.6 Å². The molecule has 0 bridgehead atoms. The lowest BCUT2D eigenvalue weighted by Crippen LogP contribution is -2.18. The van der Waals surface area contributed by atoms with E-state index in [-0.39, 0.29) is 6.04 Å². The topological polar surface area (TPSA) is 37.7 Å². The molecule has 0 saturated carbocycles. The summed E-state index contributed by atoms with van der Waals surface area (Å²) in [5, 5.41) is 13.0. The molecule has 156 valence electrons. The van der Waals surface area contributed by atoms with Gasteiger partial charge in [0.15, 0.2) is 0 Å². The van der Waals surface area contributed by atoms with Gasteiger partial charge in [0.2, 0.25) is 5.13 Å². The zero-order chi connectivity index (χ0) is 21.4. The second kappa shape index (κ2) is 8.63. The number of thiazole rings is 1. The van der Waals surface area contributed by atoms with Crippen molar-refractivity contribution in [2.24, 2.45) is 5.10 Å². The van der Waals surface area contributed by atoms with Crippen LogP contribution in [-0.2, 0) is 0 Å². The van der Waals surface area contributed by atoms with Gasteiger partial charge in [-0.25, -0.2) is 9.99 Å². The van der Waals surface area contributed by atoms with Gasteiger partial charge in [-0.2, -0.15) is 5.10 Å². The molecule has 31 heavy (non-hydrogen) atoms. The van der Waals surface area contributed by atoms with Crippen LogP contribution in [0.25, 0.3) is 11.3 Å². The molecule has 0 amide bonds. The summed E-state index contributed by atoms with van der Waals surface area (Å²) < 4.78 is 5.32. The van der Waals surface area contributed by atoms with Gasteiger partial charge in [-0.05, 0) is 41.3 Å². The zero-order valence-corrected chi connectivity index (χ0v) is 19.6. The summed E-state index contributed by atoms with van der Waals surface area (Å²) in [6, 6.07) is 18.0. The van der Waals surface area contributed by atoms with Gasteiger partial charge in [0.25, 0.3) is 0 Å². The van der Waals surface area contributed by atoms with Crippen LogP contribution in [0.1, 0.15) is 22.9 Å². The standard InChI is InChI=1S/C23H17Cl2N3OS2/c1-29-16-7-4-14(5-8-16)21-12-19(22-3-2-10-30-22)27-28(21)23-26-20(13-31-23)15-6-9-17(24)18(25)11-15/h2-11,13,21H,12H2,1H3/t21-/m0/s1. The highest BCUT2D eigenvalue weighted by atomic mass is 35.5. The van der Waals surface area contributed by atoms with Gasteiger partial charge < -0.3 is 4.74 Å². The van der Waals surface area contributed by atoms with Crippen molar-refractivity contribution < 1.29 is 4.74 Å². The summed E-state index contributed by atoms with van der Waals surface area (Å²) in [5.74, 6) is 0.837. The molecule has 0 aliphatic carbocycles. The Balaban J connectivity index is 1.51. The van der Waals surface area contributed by atoms with Gasteiger partial charge in [-0.3, -0.25) is 0 Å². The van der Waals surface area contributed by atoms with E-state index in [0.29, 0.717) is 10.0 Å². The Morgan fingerprint density at radius 3 is 2.58 bits per heavy atom. The summed E-state index contributed by atoms with van der Waals surface area (Å²) in [4.78, 5) is 6.06. The largest absolute Gasteiger partial charge is 0.497 e. The van der Waals surface area contributed by atoms with Crippen molar-refractivity contribution in [3.63, 3.8) is 0 Å².